The van der Waals surface area contributed by atoms with E-state index in [4.69, 9.17) is 9.47 Å². The summed E-state index contributed by atoms with van der Waals surface area (Å²) in [5.74, 6) is 0.496. The van der Waals surface area contributed by atoms with Crippen LogP contribution in [0.5, 0.6) is 0 Å². The number of rotatable bonds is 2. The minimum absolute atomic E-state index is 0. The van der Waals surface area contributed by atoms with Crippen LogP contribution in [0.2, 0.25) is 0 Å². The molecule has 3 rings (SSSR count). The lowest BCUT2D eigenvalue weighted by atomic mass is 9.87. The summed E-state index contributed by atoms with van der Waals surface area (Å²) in [6, 6.07) is 0.227. The number of amides is 1. The van der Waals surface area contributed by atoms with Crippen LogP contribution in [0, 0.1) is 5.92 Å². The Labute approximate surface area is 120 Å². The summed E-state index contributed by atoms with van der Waals surface area (Å²) in [6.45, 7) is 3.10. The van der Waals surface area contributed by atoms with E-state index < -0.39 is 0 Å². The topological polar surface area (TPSA) is 50.8 Å². The highest BCUT2D eigenvalue weighted by Crippen LogP contribution is 2.31. The van der Waals surface area contributed by atoms with E-state index in [1.54, 1.807) is 7.11 Å². The molecule has 6 heteroatoms. The lowest BCUT2D eigenvalue weighted by molar-refractivity contribution is -0.160. The van der Waals surface area contributed by atoms with Crippen molar-refractivity contribution in [2.45, 2.75) is 37.5 Å². The maximum Gasteiger partial charge on any atom is 0.228 e. The molecule has 3 aliphatic rings. The summed E-state index contributed by atoms with van der Waals surface area (Å²) in [6.07, 6.45) is 3.48. The van der Waals surface area contributed by atoms with Gasteiger partial charge in [-0.3, -0.25) is 4.79 Å². The molecule has 110 valence electrons. The van der Waals surface area contributed by atoms with Gasteiger partial charge >= 0.3 is 0 Å². The number of halogens is 1. The molecule has 3 fully saturated rings. The van der Waals surface area contributed by atoms with Gasteiger partial charge in [0.2, 0.25) is 5.91 Å². The van der Waals surface area contributed by atoms with Gasteiger partial charge in [0.05, 0.1) is 30.8 Å². The lowest BCUT2D eigenvalue weighted by Crippen LogP contribution is -2.61. The summed E-state index contributed by atoms with van der Waals surface area (Å²) in [7, 11) is 1.76. The fourth-order valence-electron chi connectivity index (χ4n) is 3.26. The van der Waals surface area contributed by atoms with Crippen molar-refractivity contribution in [2.24, 2.45) is 5.92 Å². The highest BCUT2D eigenvalue weighted by atomic mass is 35.5. The van der Waals surface area contributed by atoms with Crippen LogP contribution in [0.1, 0.15) is 19.3 Å². The third-order valence-electron chi connectivity index (χ3n) is 4.52. The first-order valence-electron chi connectivity index (χ1n) is 6.95. The van der Waals surface area contributed by atoms with Crippen LogP contribution >= 0.6 is 12.4 Å². The zero-order valence-electron chi connectivity index (χ0n) is 11.3. The first-order chi connectivity index (χ1) is 8.79. The van der Waals surface area contributed by atoms with Gasteiger partial charge in [-0.2, -0.15) is 0 Å². The number of nitrogens with zero attached hydrogens (tertiary/aromatic N) is 1. The first-order valence-corrected chi connectivity index (χ1v) is 6.95. The summed E-state index contributed by atoms with van der Waals surface area (Å²) in [4.78, 5) is 14.5. The Bertz CT molecular complexity index is 325. The standard InChI is InChI=1S/C13H22N2O3.ClH/c1-17-10-2-3-12-11(6-10)15(4-5-18-12)13(16)9-7-14-8-9;/h9-12,14H,2-8H2,1H3;1H. The van der Waals surface area contributed by atoms with E-state index in [1.807, 2.05) is 0 Å². The highest BCUT2D eigenvalue weighted by Gasteiger charge is 2.42. The second kappa shape index (κ2) is 6.39. The van der Waals surface area contributed by atoms with E-state index >= 15 is 0 Å². The van der Waals surface area contributed by atoms with Crippen molar-refractivity contribution >= 4 is 18.3 Å². The second-order valence-electron chi connectivity index (χ2n) is 5.53. The number of hydrogen-bond donors (Lipinski definition) is 1. The number of hydrogen-bond acceptors (Lipinski definition) is 4. The van der Waals surface area contributed by atoms with Gasteiger partial charge in [-0.25, -0.2) is 0 Å². The number of ether oxygens (including phenoxy) is 2. The van der Waals surface area contributed by atoms with Crippen molar-refractivity contribution in [2.75, 3.05) is 33.4 Å². The molecule has 0 aromatic rings. The first kappa shape index (κ1) is 15.0. The van der Waals surface area contributed by atoms with Crippen molar-refractivity contribution in [1.29, 1.82) is 0 Å². The second-order valence-corrected chi connectivity index (χ2v) is 5.53. The minimum atomic E-state index is 0. The fourth-order valence-corrected chi connectivity index (χ4v) is 3.26. The summed E-state index contributed by atoms with van der Waals surface area (Å²) < 4.78 is 11.3. The van der Waals surface area contributed by atoms with Crippen LogP contribution in [0.3, 0.4) is 0 Å². The molecule has 0 aromatic carbocycles. The molecule has 19 heavy (non-hydrogen) atoms. The largest absolute Gasteiger partial charge is 0.381 e. The van der Waals surface area contributed by atoms with E-state index in [9.17, 15) is 4.79 Å². The number of carbonyl (C=O) groups excluding carboxylic acids is 1. The molecule has 3 unspecified atom stereocenters. The Balaban J connectivity index is 0.00000133. The van der Waals surface area contributed by atoms with Gasteiger partial charge in [-0.1, -0.05) is 0 Å². The molecule has 3 atom stereocenters. The Morgan fingerprint density at radius 1 is 1.37 bits per heavy atom. The third kappa shape index (κ3) is 2.89. The van der Waals surface area contributed by atoms with Crippen LogP contribution in [0.25, 0.3) is 0 Å². The highest BCUT2D eigenvalue weighted by molar-refractivity contribution is 5.85. The maximum atomic E-state index is 12.4. The molecule has 0 radical (unpaired) electrons. The van der Waals surface area contributed by atoms with Crippen molar-refractivity contribution in [3.63, 3.8) is 0 Å². The normalized spacial score (nSPS) is 35.0. The SMILES string of the molecule is COC1CCC2OCCN(C(=O)C3CNC3)C2C1.Cl. The Hall–Kier alpha value is -0.360. The predicted molar refractivity (Wildman–Crippen MR) is 73.5 cm³/mol. The van der Waals surface area contributed by atoms with E-state index in [-0.39, 0.29) is 36.6 Å². The van der Waals surface area contributed by atoms with Gasteiger partial charge in [-0.05, 0) is 19.3 Å². The molecule has 2 heterocycles. The molecule has 2 saturated heterocycles. The molecule has 0 aromatic heterocycles. The minimum Gasteiger partial charge on any atom is -0.381 e. The molecule has 1 amide bonds. The Kier molecular flexibility index (Phi) is 5.06. The third-order valence-corrected chi connectivity index (χ3v) is 4.52. The average molecular weight is 291 g/mol. The van der Waals surface area contributed by atoms with Crippen molar-refractivity contribution in [3.8, 4) is 0 Å². The zero-order chi connectivity index (χ0) is 12.5. The van der Waals surface area contributed by atoms with Crippen molar-refractivity contribution in [1.82, 2.24) is 10.2 Å². The van der Waals surface area contributed by atoms with Gasteiger partial charge < -0.3 is 19.7 Å². The van der Waals surface area contributed by atoms with E-state index in [0.29, 0.717) is 12.5 Å². The summed E-state index contributed by atoms with van der Waals surface area (Å²) in [5.41, 5.74) is 0. The van der Waals surface area contributed by atoms with Crippen LogP contribution in [-0.2, 0) is 14.3 Å². The summed E-state index contributed by atoms with van der Waals surface area (Å²) in [5, 5.41) is 3.17. The lowest BCUT2D eigenvalue weighted by Gasteiger charge is -2.47. The number of morpholine rings is 1. The van der Waals surface area contributed by atoms with Gasteiger partial charge in [0.15, 0.2) is 0 Å². The molecular weight excluding hydrogens is 268 g/mol. The van der Waals surface area contributed by atoms with Crippen LogP contribution < -0.4 is 5.32 Å². The predicted octanol–water partition coefficient (Wildman–Crippen LogP) is 0.422. The monoisotopic (exact) mass is 290 g/mol. The average Bonchev–Trinajstić information content (AvgIpc) is 2.35. The molecule has 1 N–H and O–H groups in total. The molecule has 0 bridgehead atoms. The molecule has 0 spiro atoms. The van der Waals surface area contributed by atoms with Crippen LogP contribution in [0.15, 0.2) is 0 Å². The van der Waals surface area contributed by atoms with Gasteiger partial charge in [0.25, 0.3) is 0 Å². The van der Waals surface area contributed by atoms with Crippen LogP contribution in [0.4, 0.5) is 0 Å². The molecular formula is C13H23ClN2O3. The van der Waals surface area contributed by atoms with E-state index in [2.05, 4.69) is 10.2 Å². The van der Waals surface area contributed by atoms with Crippen molar-refractivity contribution in [3.05, 3.63) is 0 Å². The Morgan fingerprint density at radius 3 is 2.79 bits per heavy atom. The molecule has 5 nitrogen and oxygen atoms in total. The quantitative estimate of drug-likeness (QED) is 0.801. The van der Waals surface area contributed by atoms with Gasteiger partial charge in [0.1, 0.15) is 0 Å². The number of carbonyl (C=O) groups is 1. The van der Waals surface area contributed by atoms with Gasteiger partial charge in [-0.15, -0.1) is 12.4 Å². The number of nitrogens with one attached hydrogen (secondary N) is 1. The van der Waals surface area contributed by atoms with Crippen molar-refractivity contribution < 1.29 is 14.3 Å². The maximum absolute atomic E-state index is 12.4. The van der Waals surface area contributed by atoms with E-state index in [1.165, 1.54) is 0 Å². The van der Waals surface area contributed by atoms with Crippen LogP contribution in [-0.4, -0.2) is 62.4 Å². The summed E-state index contributed by atoms with van der Waals surface area (Å²) >= 11 is 0. The zero-order valence-corrected chi connectivity index (χ0v) is 12.2. The number of methoxy groups -OCH3 is 1. The fraction of sp³-hybridized carbons (Fsp3) is 0.923. The van der Waals surface area contributed by atoms with E-state index in [0.717, 1.165) is 38.9 Å². The molecule has 1 aliphatic carbocycles. The van der Waals surface area contributed by atoms with Gasteiger partial charge in [0, 0.05) is 26.7 Å². The molecule has 1 saturated carbocycles. The number of fused-ring (bicyclic) bond motifs is 1. The Morgan fingerprint density at radius 2 is 2.16 bits per heavy atom. The smallest absolute Gasteiger partial charge is 0.228 e. The molecule has 2 aliphatic heterocycles.